The lowest BCUT2D eigenvalue weighted by Gasteiger charge is -2.13. The number of aromatic hydroxyl groups is 1. The third-order valence-electron chi connectivity index (χ3n) is 5.18. The molecule has 3 aromatic rings. The number of rotatable bonds is 6. The first-order valence-corrected chi connectivity index (χ1v) is 11.1. The van der Waals surface area contributed by atoms with Gasteiger partial charge in [-0.25, -0.2) is 9.79 Å². The van der Waals surface area contributed by atoms with Gasteiger partial charge in [-0.15, -0.1) is 11.8 Å². The molecule has 0 aliphatic carbocycles. The maximum atomic E-state index is 12.9. The highest BCUT2D eigenvalue weighted by atomic mass is 32.2. The van der Waals surface area contributed by atoms with E-state index in [2.05, 4.69) is 4.99 Å². The molecule has 0 aliphatic heterocycles. The topological polar surface area (TPSA) is 85.8 Å². The second kappa shape index (κ2) is 9.91. The summed E-state index contributed by atoms with van der Waals surface area (Å²) in [6, 6.07) is 13.5. The number of benzene rings is 2. The van der Waals surface area contributed by atoms with Crippen LogP contribution in [0.25, 0.3) is 0 Å². The standard InChI is InChI=1S/C24H27N3O4S/c1-15-6-10-19(11-7-15)31-12-13-32-21(25-18-9-8-16(2)17(3)14-18)20-22(28)26(4)24(30)27(5)23(20)29/h6-11,14,28H,12-13H2,1-5H3. The number of nitrogens with zero attached hydrogens (tertiary/aromatic N) is 3. The van der Waals surface area contributed by atoms with Crippen LogP contribution in [0.5, 0.6) is 11.6 Å². The van der Waals surface area contributed by atoms with Gasteiger partial charge in [0.2, 0.25) is 5.88 Å². The number of ether oxygens (including phenoxy) is 1. The first-order valence-electron chi connectivity index (χ1n) is 10.2. The van der Waals surface area contributed by atoms with Crippen LogP contribution in [0.3, 0.4) is 0 Å². The second-order valence-corrected chi connectivity index (χ2v) is 8.68. The van der Waals surface area contributed by atoms with E-state index in [1.54, 1.807) is 0 Å². The number of thioether (sulfide) groups is 1. The van der Waals surface area contributed by atoms with E-state index in [0.717, 1.165) is 31.6 Å². The number of hydrogen-bond donors (Lipinski definition) is 1. The fourth-order valence-electron chi connectivity index (χ4n) is 3.03. The smallest absolute Gasteiger partial charge is 0.333 e. The van der Waals surface area contributed by atoms with Gasteiger partial charge in [0.15, 0.2) is 0 Å². The van der Waals surface area contributed by atoms with E-state index in [1.807, 2.05) is 63.2 Å². The minimum absolute atomic E-state index is 0.00633. The van der Waals surface area contributed by atoms with E-state index in [0.29, 0.717) is 23.1 Å². The number of hydrogen-bond acceptors (Lipinski definition) is 6. The molecule has 3 rings (SSSR count). The Labute approximate surface area is 191 Å². The summed E-state index contributed by atoms with van der Waals surface area (Å²) < 4.78 is 7.79. The predicted molar refractivity (Wildman–Crippen MR) is 130 cm³/mol. The Hall–Kier alpha value is -3.26. The van der Waals surface area contributed by atoms with E-state index >= 15 is 0 Å². The zero-order valence-corrected chi connectivity index (χ0v) is 19.7. The average molecular weight is 454 g/mol. The third kappa shape index (κ3) is 5.13. The number of aryl methyl sites for hydroxylation is 3. The highest BCUT2D eigenvalue weighted by molar-refractivity contribution is 8.14. The minimum Gasteiger partial charge on any atom is -0.494 e. The normalized spacial score (nSPS) is 11.6. The van der Waals surface area contributed by atoms with Crippen molar-refractivity contribution < 1.29 is 9.84 Å². The van der Waals surface area contributed by atoms with Crippen molar-refractivity contribution in [2.75, 3.05) is 12.4 Å². The minimum atomic E-state index is -0.602. The average Bonchev–Trinajstić information content (AvgIpc) is 2.77. The molecular weight excluding hydrogens is 426 g/mol. The Balaban J connectivity index is 1.94. The molecular formula is C24H27N3O4S. The highest BCUT2D eigenvalue weighted by Crippen LogP contribution is 2.25. The van der Waals surface area contributed by atoms with E-state index in [4.69, 9.17) is 4.74 Å². The van der Waals surface area contributed by atoms with Crippen LogP contribution in [0.4, 0.5) is 5.69 Å². The molecule has 1 heterocycles. The molecule has 7 nitrogen and oxygen atoms in total. The summed E-state index contributed by atoms with van der Waals surface area (Å²) >= 11 is 1.29. The highest BCUT2D eigenvalue weighted by Gasteiger charge is 2.21. The van der Waals surface area contributed by atoms with Gasteiger partial charge in [-0.05, 0) is 56.2 Å². The molecule has 0 atom stereocenters. The molecule has 0 spiro atoms. The maximum absolute atomic E-state index is 12.9. The van der Waals surface area contributed by atoms with Crippen LogP contribution >= 0.6 is 11.8 Å². The van der Waals surface area contributed by atoms with Crippen LogP contribution in [0.1, 0.15) is 22.3 Å². The first-order chi connectivity index (χ1) is 15.2. The lowest BCUT2D eigenvalue weighted by Crippen LogP contribution is -2.39. The monoisotopic (exact) mass is 453 g/mol. The van der Waals surface area contributed by atoms with Crippen molar-refractivity contribution in [3.8, 4) is 11.6 Å². The van der Waals surface area contributed by atoms with Gasteiger partial charge < -0.3 is 9.84 Å². The molecule has 8 heteroatoms. The molecule has 0 radical (unpaired) electrons. The Morgan fingerprint density at radius 1 is 1.00 bits per heavy atom. The fourth-order valence-corrected chi connectivity index (χ4v) is 3.88. The molecule has 32 heavy (non-hydrogen) atoms. The van der Waals surface area contributed by atoms with Crippen molar-refractivity contribution in [1.29, 1.82) is 0 Å². The van der Waals surface area contributed by atoms with Crippen molar-refractivity contribution in [3.63, 3.8) is 0 Å². The van der Waals surface area contributed by atoms with Crippen LogP contribution in [0, 0.1) is 20.8 Å². The van der Waals surface area contributed by atoms with Gasteiger partial charge in [-0.3, -0.25) is 13.9 Å². The molecule has 2 aromatic carbocycles. The quantitative estimate of drug-likeness (QED) is 0.350. The summed E-state index contributed by atoms with van der Waals surface area (Å²) in [6.07, 6.45) is 0. The van der Waals surface area contributed by atoms with Crippen LogP contribution in [-0.2, 0) is 14.1 Å². The maximum Gasteiger partial charge on any atom is 0.333 e. The fraction of sp³-hybridized carbons (Fsp3) is 0.292. The Morgan fingerprint density at radius 3 is 2.34 bits per heavy atom. The van der Waals surface area contributed by atoms with Gasteiger partial charge >= 0.3 is 5.69 Å². The van der Waals surface area contributed by atoms with Crippen LogP contribution in [-0.4, -0.2) is 31.6 Å². The van der Waals surface area contributed by atoms with Gasteiger partial charge in [-0.2, -0.15) is 0 Å². The predicted octanol–water partition coefficient (Wildman–Crippen LogP) is 3.61. The summed E-state index contributed by atoms with van der Waals surface area (Å²) in [4.78, 5) is 29.7. The lowest BCUT2D eigenvalue weighted by atomic mass is 10.1. The largest absolute Gasteiger partial charge is 0.494 e. The van der Waals surface area contributed by atoms with Crippen LogP contribution in [0.15, 0.2) is 57.0 Å². The van der Waals surface area contributed by atoms with Gasteiger partial charge in [-0.1, -0.05) is 23.8 Å². The van der Waals surface area contributed by atoms with Crippen LogP contribution < -0.4 is 16.0 Å². The summed E-state index contributed by atoms with van der Waals surface area (Å²) in [5.41, 5.74) is 2.80. The Bertz CT molecular complexity index is 1270. The molecule has 0 bridgehead atoms. The molecule has 0 aliphatic rings. The van der Waals surface area contributed by atoms with Gasteiger partial charge in [0.25, 0.3) is 5.56 Å². The molecule has 0 saturated heterocycles. The molecule has 0 fully saturated rings. The molecule has 0 amide bonds. The Kier molecular flexibility index (Phi) is 7.25. The van der Waals surface area contributed by atoms with E-state index in [-0.39, 0.29) is 5.56 Å². The lowest BCUT2D eigenvalue weighted by molar-refractivity contribution is 0.344. The van der Waals surface area contributed by atoms with Gasteiger partial charge in [0.05, 0.1) is 12.3 Å². The van der Waals surface area contributed by atoms with Crippen molar-refractivity contribution in [3.05, 3.63) is 85.6 Å². The molecule has 1 N–H and O–H groups in total. The van der Waals surface area contributed by atoms with E-state index in [9.17, 15) is 14.7 Å². The van der Waals surface area contributed by atoms with Crippen molar-refractivity contribution in [2.45, 2.75) is 20.8 Å². The molecule has 0 saturated carbocycles. The summed E-state index contributed by atoms with van der Waals surface area (Å²) in [5.74, 6) is 0.834. The first kappa shape index (κ1) is 23.4. The Morgan fingerprint density at radius 2 is 1.69 bits per heavy atom. The third-order valence-corrected chi connectivity index (χ3v) is 6.12. The molecule has 1 aromatic heterocycles. The molecule has 168 valence electrons. The van der Waals surface area contributed by atoms with Crippen molar-refractivity contribution in [1.82, 2.24) is 9.13 Å². The van der Waals surface area contributed by atoms with Gasteiger partial charge in [0, 0.05) is 19.8 Å². The number of aliphatic imine (C=N–C) groups is 1. The van der Waals surface area contributed by atoms with Crippen molar-refractivity contribution in [2.24, 2.45) is 19.1 Å². The van der Waals surface area contributed by atoms with Gasteiger partial charge in [0.1, 0.15) is 16.4 Å². The zero-order chi connectivity index (χ0) is 23.4. The summed E-state index contributed by atoms with van der Waals surface area (Å²) in [7, 11) is 2.80. The summed E-state index contributed by atoms with van der Waals surface area (Å²) in [6.45, 7) is 6.39. The summed E-state index contributed by atoms with van der Waals surface area (Å²) in [5, 5.41) is 10.9. The van der Waals surface area contributed by atoms with Crippen LogP contribution in [0.2, 0.25) is 0 Å². The molecule has 0 unspecified atom stereocenters. The number of aromatic nitrogens is 2. The zero-order valence-electron chi connectivity index (χ0n) is 18.9. The second-order valence-electron chi connectivity index (χ2n) is 7.60. The SMILES string of the molecule is Cc1ccc(OCCSC(=Nc2ccc(C)c(C)c2)c2c(O)n(C)c(=O)n(C)c2=O)cc1. The van der Waals surface area contributed by atoms with E-state index < -0.39 is 17.1 Å². The van der Waals surface area contributed by atoms with Crippen molar-refractivity contribution >= 4 is 22.5 Å². The van der Waals surface area contributed by atoms with E-state index in [1.165, 1.54) is 25.9 Å².